The van der Waals surface area contributed by atoms with Crippen LogP contribution in [0, 0.1) is 0 Å². The van der Waals surface area contributed by atoms with Gasteiger partial charge in [0.25, 0.3) is 0 Å². The highest BCUT2D eigenvalue weighted by molar-refractivity contribution is 7.99. The Morgan fingerprint density at radius 3 is 2.48 bits per heavy atom. The summed E-state index contributed by atoms with van der Waals surface area (Å²) < 4.78 is 23.6. The van der Waals surface area contributed by atoms with E-state index >= 15 is 0 Å². The Balaban J connectivity index is 1.31. The lowest BCUT2D eigenvalue weighted by Gasteiger charge is -2.36. The van der Waals surface area contributed by atoms with Crippen molar-refractivity contribution in [2.24, 2.45) is 0 Å². The highest BCUT2D eigenvalue weighted by atomic mass is 32.2. The second-order valence-corrected chi connectivity index (χ2v) is 11.4. The molecule has 0 aliphatic carbocycles. The van der Waals surface area contributed by atoms with Crippen LogP contribution in [0.3, 0.4) is 0 Å². The van der Waals surface area contributed by atoms with Gasteiger partial charge in [0.2, 0.25) is 0 Å². The fourth-order valence-electron chi connectivity index (χ4n) is 5.00. The minimum Gasteiger partial charge on any atom is -0.496 e. The average Bonchev–Trinajstić information content (AvgIpc) is 3.09. The summed E-state index contributed by atoms with van der Waals surface area (Å²) in [6, 6.07) is 32.1. The van der Waals surface area contributed by atoms with Crippen molar-refractivity contribution < 1.29 is 28.8 Å². The number of hydrogen-bond donors (Lipinski definition) is 2. The molecule has 44 heavy (non-hydrogen) atoms. The molecule has 0 unspecified atom stereocenters. The summed E-state index contributed by atoms with van der Waals surface area (Å²) in [5.74, 6) is 1.59. The number of thioether (sulfide) groups is 1. The van der Waals surface area contributed by atoms with Crippen molar-refractivity contribution in [3.05, 3.63) is 132 Å². The third-order valence-electron chi connectivity index (χ3n) is 7.32. The Morgan fingerprint density at radius 1 is 0.955 bits per heavy atom. The van der Waals surface area contributed by atoms with Crippen molar-refractivity contribution in [2.45, 2.75) is 43.0 Å². The van der Waals surface area contributed by atoms with E-state index in [0.717, 1.165) is 49.8 Å². The van der Waals surface area contributed by atoms with Gasteiger partial charge in [0.1, 0.15) is 12.4 Å². The molecule has 7 nitrogen and oxygen atoms in total. The smallest absolute Gasteiger partial charge is 0.407 e. The van der Waals surface area contributed by atoms with Gasteiger partial charge in [0.15, 0.2) is 6.29 Å². The van der Waals surface area contributed by atoms with Gasteiger partial charge in [-0.1, -0.05) is 91.5 Å². The van der Waals surface area contributed by atoms with E-state index < -0.39 is 12.4 Å². The lowest BCUT2D eigenvalue weighted by atomic mass is 9.99. The molecule has 1 fully saturated rings. The highest BCUT2D eigenvalue weighted by Gasteiger charge is 2.32. The van der Waals surface area contributed by atoms with Crippen LogP contribution in [0.25, 0.3) is 11.1 Å². The molecule has 8 heteroatoms. The van der Waals surface area contributed by atoms with Gasteiger partial charge in [-0.25, -0.2) is 4.79 Å². The fourth-order valence-corrected chi connectivity index (χ4v) is 6.05. The molecule has 1 heterocycles. The van der Waals surface area contributed by atoms with Crippen molar-refractivity contribution in [1.82, 2.24) is 5.32 Å². The predicted octanol–water partition coefficient (Wildman–Crippen LogP) is 7.60. The molecule has 2 N–H and O–H groups in total. The zero-order valence-corrected chi connectivity index (χ0v) is 25.5. The maximum atomic E-state index is 11.8. The van der Waals surface area contributed by atoms with Crippen molar-refractivity contribution in [2.75, 3.05) is 19.5 Å². The van der Waals surface area contributed by atoms with Gasteiger partial charge < -0.3 is 29.4 Å². The number of rotatable bonds is 12. The number of alkyl carbamates (subject to hydrolysis) is 1. The minimum atomic E-state index is -0.541. The Labute approximate surface area is 262 Å². The molecule has 1 aliphatic heterocycles. The van der Waals surface area contributed by atoms with E-state index in [4.69, 9.17) is 18.9 Å². The Hall–Kier alpha value is -4.08. The molecular weight excluding hydrogens is 574 g/mol. The monoisotopic (exact) mass is 611 g/mol. The van der Waals surface area contributed by atoms with Crippen molar-refractivity contribution in [3.8, 4) is 16.9 Å². The Morgan fingerprint density at radius 2 is 1.73 bits per heavy atom. The summed E-state index contributed by atoms with van der Waals surface area (Å²) in [7, 11) is 1.69. The number of hydrogen-bond acceptors (Lipinski definition) is 7. The van der Waals surface area contributed by atoms with Crippen LogP contribution in [0.2, 0.25) is 0 Å². The maximum absolute atomic E-state index is 11.8. The van der Waals surface area contributed by atoms with Crippen LogP contribution in [0.1, 0.15) is 41.1 Å². The van der Waals surface area contributed by atoms with Gasteiger partial charge in [-0.05, 0) is 46.0 Å². The molecule has 0 aromatic heterocycles. The summed E-state index contributed by atoms with van der Waals surface area (Å²) >= 11 is 1.71. The van der Waals surface area contributed by atoms with Crippen LogP contribution in [0.5, 0.6) is 5.75 Å². The van der Waals surface area contributed by atoms with Crippen molar-refractivity contribution in [3.63, 3.8) is 0 Å². The lowest BCUT2D eigenvalue weighted by Crippen LogP contribution is -2.31. The summed E-state index contributed by atoms with van der Waals surface area (Å²) in [5.41, 5.74) is 5.89. The number of para-hydroxylation sites is 1. The van der Waals surface area contributed by atoms with E-state index in [0.29, 0.717) is 13.0 Å². The van der Waals surface area contributed by atoms with Crippen LogP contribution < -0.4 is 10.1 Å². The number of aliphatic hydroxyl groups excluding tert-OH is 1. The molecule has 0 saturated carbocycles. The van der Waals surface area contributed by atoms with Gasteiger partial charge in [0.05, 0.1) is 25.9 Å². The predicted molar refractivity (Wildman–Crippen MR) is 172 cm³/mol. The zero-order valence-electron chi connectivity index (χ0n) is 24.7. The third kappa shape index (κ3) is 8.30. The molecule has 0 radical (unpaired) electrons. The molecule has 228 valence electrons. The van der Waals surface area contributed by atoms with Gasteiger partial charge in [-0.15, -0.1) is 11.8 Å². The Kier molecular flexibility index (Phi) is 11.1. The molecule has 1 saturated heterocycles. The summed E-state index contributed by atoms with van der Waals surface area (Å²) in [6.45, 7) is 4.09. The van der Waals surface area contributed by atoms with E-state index in [2.05, 4.69) is 30.1 Å². The molecule has 4 aromatic carbocycles. The number of carbonyl (C=O) groups excluding carboxylic acids is 1. The Bertz CT molecular complexity index is 1520. The van der Waals surface area contributed by atoms with Gasteiger partial charge in [0, 0.05) is 29.2 Å². The van der Waals surface area contributed by atoms with Crippen molar-refractivity contribution in [1.29, 1.82) is 0 Å². The largest absolute Gasteiger partial charge is 0.496 e. The SMILES string of the molecule is C=CCOC(=O)NCc1cccc(-c2ccc([C@@H]3O[C@H](CSc4ccccc4OC)C[C@H](c4ccc(CO)cc4)O3)cc2)c1. The molecule has 1 aliphatic rings. The number of nitrogens with one attached hydrogen (secondary N) is 1. The van der Waals surface area contributed by atoms with Crippen molar-refractivity contribution >= 4 is 17.9 Å². The topological polar surface area (TPSA) is 86.3 Å². The number of methoxy groups -OCH3 is 1. The first kappa shape index (κ1) is 31.3. The highest BCUT2D eigenvalue weighted by Crippen LogP contribution is 2.40. The second-order valence-electron chi connectivity index (χ2n) is 10.4. The number of carbonyl (C=O) groups is 1. The number of ether oxygens (including phenoxy) is 4. The number of benzene rings is 4. The average molecular weight is 612 g/mol. The molecule has 5 rings (SSSR count). The van der Waals surface area contributed by atoms with E-state index in [1.807, 2.05) is 78.9 Å². The van der Waals surface area contributed by atoms with Gasteiger partial charge in [-0.2, -0.15) is 0 Å². The van der Waals surface area contributed by atoms with Crippen LogP contribution in [-0.2, 0) is 27.4 Å². The lowest BCUT2D eigenvalue weighted by molar-refractivity contribution is -0.245. The quantitative estimate of drug-likeness (QED) is 0.126. The van der Waals surface area contributed by atoms with Gasteiger partial charge >= 0.3 is 6.09 Å². The van der Waals surface area contributed by atoms with Gasteiger partial charge in [-0.3, -0.25) is 0 Å². The van der Waals surface area contributed by atoms with E-state index in [9.17, 15) is 9.90 Å². The van der Waals surface area contributed by atoms with Crippen LogP contribution in [-0.4, -0.2) is 36.8 Å². The molecule has 0 bridgehead atoms. The van der Waals surface area contributed by atoms with E-state index in [-0.39, 0.29) is 25.4 Å². The third-order valence-corrected chi connectivity index (χ3v) is 8.51. The zero-order chi connectivity index (χ0) is 30.7. The number of aliphatic hydroxyl groups is 1. The van der Waals surface area contributed by atoms with Crippen LogP contribution in [0.15, 0.2) is 115 Å². The summed E-state index contributed by atoms with van der Waals surface area (Å²) in [5, 5.41) is 12.3. The molecule has 4 aromatic rings. The second kappa shape index (κ2) is 15.6. The number of amides is 1. The van der Waals surface area contributed by atoms with E-state index in [1.165, 1.54) is 6.08 Å². The molecule has 3 atom stereocenters. The molecule has 1 amide bonds. The first-order chi connectivity index (χ1) is 21.6. The molecule has 0 spiro atoms. The van der Waals surface area contributed by atoms with E-state index in [1.54, 1.807) is 18.9 Å². The minimum absolute atomic E-state index is 0.00372. The first-order valence-corrected chi connectivity index (χ1v) is 15.5. The van der Waals surface area contributed by atoms with Crippen LogP contribution in [0.4, 0.5) is 4.79 Å². The summed E-state index contributed by atoms with van der Waals surface area (Å²) in [4.78, 5) is 12.9. The molecular formula is C36H37NO6S. The summed E-state index contributed by atoms with van der Waals surface area (Å²) in [6.07, 6.45) is 0.997. The maximum Gasteiger partial charge on any atom is 0.407 e. The first-order valence-electron chi connectivity index (χ1n) is 14.5. The fraction of sp³-hybridized carbons (Fsp3) is 0.250. The standard InChI is InChI=1S/C36H37NO6S/c1-3-19-41-36(39)37-22-26-7-6-8-30(20-26)27-15-17-29(18-16-27)35-42-31(24-44-34-10-5-4-9-32(34)40-2)21-33(43-35)28-13-11-25(23-38)12-14-28/h3-18,20,31,33,35,38H,1,19,21-24H2,2H3,(H,37,39)/t31-,33+,35+/m0/s1. The van der Waals surface area contributed by atoms with Crippen LogP contribution >= 0.6 is 11.8 Å². The normalized spacial score (nSPS) is 17.9.